The first-order valence-corrected chi connectivity index (χ1v) is 8.22. The summed E-state index contributed by atoms with van der Waals surface area (Å²) in [6.45, 7) is 2.08. The average Bonchev–Trinajstić information content (AvgIpc) is 2.54. The second kappa shape index (κ2) is 6.81. The van der Waals surface area contributed by atoms with Gasteiger partial charge in [-0.2, -0.15) is 0 Å². The fourth-order valence-corrected chi connectivity index (χ4v) is 3.10. The number of ether oxygens (including phenoxy) is 2. The summed E-state index contributed by atoms with van der Waals surface area (Å²) in [7, 11) is -0.421. The molecule has 0 saturated heterocycles. The molecular formula is C16H19NO4S. The Morgan fingerprint density at radius 2 is 1.59 bits per heavy atom. The molecule has 0 saturated carbocycles. The molecule has 0 bridgehead atoms. The van der Waals surface area contributed by atoms with Gasteiger partial charge < -0.3 is 9.47 Å². The van der Waals surface area contributed by atoms with Gasteiger partial charge in [-0.25, -0.2) is 13.1 Å². The zero-order chi connectivity index (χ0) is 16.2. The molecule has 0 fully saturated rings. The highest BCUT2D eigenvalue weighted by atomic mass is 32.2. The minimum Gasteiger partial charge on any atom is -0.493 e. The summed E-state index contributed by atoms with van der Waals surface area (Å²) >= 11 is 0. The molecule has 22 heavy (non-hydrogen) atoms. The van der Waals surface area contributed by atoms with Crippen molar-refractivity contribution in [3.63, 3.8) is 0 Å². The fraction of sp³-hybridized carbons (Fsp3) is 0.250. The zero-order valence-corrected chi connectivity index (χ0v) is 13.6. The van der Waals surface area contributed by atoms with Crippen molar-refractivity contribution in [3.8, 4) is 11.5 Å². The number of methoxy groups -OCH3 is 2. The molecule has 0 aliphatic carbocycles. The van der Waals surface area contributed by atoms with Crippen LogP contribution >= 0.6 is 0 Å². The molecule has 0 unspecified atom stereocenters. The van der Waals surface area contributed by atoms with Crippen molar-refractivity contribution >= 4 is 10.0 Å². The predicted molar refractivity (Wildman–Crippen MR) is 84.8 cm³/mol. The van der Waals surface area contributed by atoms with Crippen LogP contribution in [0.5, 0.6) is 11.5 Å². The number of sulfonamides is 1. The second-order valence-corrected chi connectivity index (χ2v) is 6.54. The summed E-state index contributed by atoms with van der Waals surface area (Å²) in [4.78, 5) is 0.244. The molecular weight excluding hydrogens is 302 g/mol. The largest absolute Gasteiger partial charge is 0.493 e. The summed E-state index contributed by atoms with van der Waals surface area (Å²) in [5, 5.41) is 0. The van der Waals surface area contributed by atoms with E-state index in [2.05, 4.69) is 4.72 Å². The summed E-state index contributed by atoms with van der Waals surface area (Å²) < 4.78 is 37.5. The molecule has 5 nitrogen and oxygen atoms in total. The van der Waals surface area contributed by atoms with E-state index in [0.717, 1.165) is 11.1 Å². The average molecular weight is 321 g/mol. The van der Waals surface area contributed by atoms with Crippen LogP contribution in [0.4, 0.5) is 0 Å². The number of nitrogens with one attached hydrogen (secondary N) is 1. The van der Waals surface area contributed by atoms with Crippen molar-refractivity contribution in [2.24, 2.45) is 0 Å². The maximum atomic E-state index is 12.2. The third-order valence-electron chi connectivity index (χ3n) is 3.35. The Balaban J connectivity index is 2.22. The quantitative estimate of drug-likeness (QED) is 0.888. The molecule has 0 aliphatic heterocycles. The lowest BCUT2D eigenvalue weighted by Gasteiger charge is -2.13. The van der Waals surface area contributed by atoms with Crippen molar-refractivity contribution in [2.45, 2.75) is 18.4 Å². The fourth-order valence-electron chi connectivity index (χ4n) is 2.07. The first-order valence-electron chi connectivity index (χ1n) is 6.74. The number of hydrogen-bond acceptors (Lipinski definition) is 4. The van der Waals surface area contributed by atoms with Crippen molar-refractivity contribution in [3.05, 3.63) is 53.6 Å². The first-order chi connectivity index (χ1) is 10.5. The Kier molecular flexibility index (Phi) is 5.05. The van der Waals surface area contributed by atoms with E-state index in [1.165, 1.54) is 0 Å². The minimum absolute atomic E-state index is 0.184. The highest BCUT2D eigenvalue weighted by Crippen LogP contribution is 2.30. The molecule has 0 heterocycles. The molecule has 0 radical (unpaired) electrons. The molecule has 2 rings (SSSR count). The van der Waals surface area contributed by atoms with E-state index < -0.39 is 10.0 Å². The van der Waals surface area contributed by atoms with Gasteiger partial charge in [-0.1, -0.05) is 18.2 Å². The van der Waals surface area contributed by atoms with Crippen LogP contribution in [-0.4, -0.2) is 22.6 Å². The number of aryl methyl sites for hydroxylation is 1. The highest BCUT2D eigenvalue weighted by Gasteiger charge is 2.15. The van der Waals surface area contributed by atoms with Gasteiger partial charge in [0, 0.05) is 6.54 Å². The van der Waals surface area contributed by atoms with Gasteiger partial charge in [0.1, 0.15) is 0 Å². The highest BCUT2D eigenvalue weighted by molar-refractivity contribution is 7.89. The van der Waals surface area contributed by atoms with Crippen LogP contribution in [0.15, 0.2) is 47.4 Å². The summed E-state index contributed by atoms with van der Waals surface area (Å²) in [6.07, 6.45) is 0. The van der Waals surface area contributed by atoms with Gasteiger partial charge in [0.05, 0.1) is 19.1 Å². The van der Waals surface area contributed by atoms with Crippen molar-refractivity contribution in [2.75, 3.05) is 14.2 Å². The van der Waals surface area contributed by atoms with E-state index in [0.29, 0.717) is 11.5 Å². The lowest BCUT2D eigenvalue weighted by Crippen LogP contribution is -2.23. The zero-order valence-electron chi connectivity index (χ0n) is 12.8. The van der Waals surface area contributed by atoms with Gasteiger partial charge in [-0.15, -0.1) is 0 Å². The van der Waals surface area contributed by atoms with Crippen LogP contribution in [-0.2, 0) is 16.6 Å². The van der Waals surface area contributed by atoms with Gasteiger partial charge >= 0.3 is 0 Å². The van der Waals surface area contributed by atoms with Crippen LogP contribution < -0.4 is 14.2 Å². The molecule has 6 heteroatoms. The predicted octanol–water partition coefficient (Wildman–Crippen LogP) is 2.49. The van der Waals surface area contributed by atoms with Crippen molar-refractivity contribution in [1.29, 1.82) is 0 Å². The Morgan fingerprint density at radius 3 is 2.18 bits per heavy atom. The van der Waals surface area contributed by atoms with Gasteiger partial charge in [0.15, 0.2) is 11.5 Å². The van der Waals surface area contributed by atoms with Gasteiger partial charge in [0.25, 0.3) is 0 Å². The van der Waals surface area contributed by atoms with Crippen LogP contribution in [0.1, 0.15) is 11.1 Å². The molecule has 2 aromatic rings. The SMILES string of the molecule is COc1cc(C)c(CNS(=O)(=O)c2ccccc2)cc1OC. The lowest BCUT2D eigenvalue weighted by molar-refractivity contribution is 0.354. The van der Waals surface area contributed by atoms with Gasteiger partial charge in [-0.3, -0.25) is 0 Å². The van der Waals surface area contributed by atoms with Crippen LogP contribution in [0.2, 0.25) is 0 Å². The van der Waals surface area contributed by atoms with E-state index >= 15 is 0 Å². The van der Waals surface area contributed by atoms with Crippen LogP contribution in [0.3, 0.4) is 0 Å². The third kappa shape index (κ3) is 3.58. The molecule has 1 N–H and O–H groups in total. The Hall–Kier alpha value is -2.05. The molecule has 0 aromatic heterocycles. The second-order valence-electron chi connectivity index (χ2n) is 4.77. The molecule has 0 aliphatic rings. The Bertz CT molecular complexity index is 742. The third-order valence-corrected chi connectivity index (χ3v) is 4.77. The van der Waals surface area contributed by atoms with Crippen molar-refractivity contribution < 1.29 is 17.9 Å². The maximum absolute atomic E-state index is 12.2. The monoisotopic (exact) mass is 321 g/mol. The Labute approximate surface area is 130 Å². The van der Waals surface area contributed by atoms with Gasteiger partial charge in [-0.05, 0) is 42.3 Å². The lowest BCUT2D eigenvalue weighted by atomic mass is 10.1. The van der Waals surface area contributed by atoms with E-state index in [4.69, 9.17) is 9.47 Å². The van der Waals surface area contributed by atoms with E-state index in [-0.39, 0.29) is 11.4 Å². The first kappa shape index (κ1) is 16.3. The number of rotatable bonds is 6. The van der Waals surface area contributed by atoms with Crippen LogP contribution in [0.25, 0.3) is 0 Å². The van der Waals surface area contributed by atoms with Crippen LogP contribution in [0, 0.1) is 6.92 Å². The van der Waals surface area contributed by atoms with Gasteiger partial charge in [0.2, 0.25) is 10.0 Å². The molecule has 0 spiro atoms. The molecule has 0 atom stereocenters. The maximum Gasteiger partial charge on any atom is 0.240 e. The minimum atomic E-state index is -3.53. The number of benzene rings is 2. The summed E-state index contributed by atoms with van der Waals surface area (Å²) in [6, 6.07) is 11.9. The van der Waals surface area contributed by atoms with E-state index in [1.54, 1.807) is 50.6 Å². The summed E-state index contributed by atoms with van der Waals surface area (Å²) in [5.74, 6) is 1.19. The van der Waals surface area contributed by atoms with E-state index in [1.807, 2.05) is 13.0 Å². The number of hydrogen-bond donors (Lipinski definition) is 1. The molecule has 0 amide bonds. The normalized spacial score (nSPS) is 11.2. The van der Waals surface area contributed by atoms with E-state index in [9.17, 15) is 8.42 Å². The topological polar surface area (TPSA) is 64.6 Å². The summed E-state index contributed by atoms with van der Waals surface area (Å²) in [5.41, 5.74) is 1.76. The molecule has 118 valence electrons. The van der Waals surface area contributed by atoms with Crippen molar-refractivity contribution in [1.82, 2.24) is 4.72 Å². The Morgan fingerprint density at radius 1 is 1.00 bits per heavy atom. The standard InChI is InChI=1S/C16H19NO4S/c1-12-9-15(20-2)16(21-3)10-13(12)11-17-22(18,19)14-7-5-4-6-8-14/h4-10,17H,11H2,1-3H3. The molecule has 2 aromatic carbocycles. The smallest absolute Gasteiger partial charge is 0.240 e.